The molecule has 0 radical (unpaired) electrons. The van der Waals surface area contributed by atoms with Gasteiger partial charge in [-0.05, 0) is 48.5 Å². The molecule has 0 atom stereocenters. The molecule has 2 aromatic rings. The van der Waals surface area contributed by atoms with E-state index in [0.29, 0.717) is 6.54 Å². The maximum absolute atomic E-state index is 13.2. The predicted octanol–water partition coefficient (Wildman–Crippen LogP) is 3.62. The average molecular weight is 309 g/mol. The van der Waals surface area contributed by atoms with Crippen molar-refractivity contribution in [3.05, 3.63) is 64.1 Å². The smallest absolute Gasteiger partial charge is 0.124 e. The topological polar surface area (TPSA) is 16.1 Å². The van der Waals surface area contributed by atoms with Gasteiger partial charge in [0.15, 0.2) is 0 Å². The molecule has 0 aliphatic heterocycles. The molecule has 0 aliphatic carbocycles. The molecule has 0 saturated carbocycles. The summed E-state index contributed by atoms with van der Waals surface area (Å²) in [5.41, 5.74) is 2.15. The number of hydrogen-bond acceptors (Lipinski definition) is 2. The molecule has 0 saturated heterocycles. The first-order valence-corrected chi connectivity index (χ1v) is 6.45. The minimum absolute atomic E-state index is 0.211. The molecule has 2 rings (SSSR count). The van der Waals surface area contributed by atoms with Crippen molar-refractivity contribution in [3.63, 3.8) is 0 Å². The Morgan fingerprint density at radius 1 is 1.11 bits per heavy atom. The highest BCUT2D eigenvalue weighted by atomic mass is 79.9. The van der Waals surface area contributed by atoms with Crippen LogP contribution in [0.2, 0.25) is 0 Å². The van der Waals surface area contributed by atoms with Crippen LogP contribution in [0.25, 0.3) is 0 Å². The van der Waals surface area contributed by atoms with E-state index in [9.17, 15) is 4.39 Å². The summed E-state index contributed by atoms with van der Waals surface area (Å²) in [5, 5.41) is 0. The third-order valence-electron chi connectivity index (χ3n) is 2.58. The van der Waals surface area contributed by atoms with Crippen LogP contribution in [0.5, 0.6) is 0 Å². The van der Waals surface area contributed by atoms with Crippen molar-refractivity contribution in [1.29, 1.82) is 0 Å². The monoisotopic (exact) mass is 308 g/mol. The van der Waals surface area contributed by atoms with Crippen molar-refractivity contribution in [2.24, 2.45) is 0 Å². The van der Waals surface area contributed by atoms with E-state index >= 15 is 0 Å². The van der Waals surface area contributed by atoms with Crippen molar-refractivity contribution in [1.82, 2.24) is 9.88 Å². The molecule has 1 aromatic carbocycles. The van der Waals surface area contributed by atoms with E-state index < -0.39 is 0 Å². The van der Waals surface area contributed by atoms with Gasteiger partial charge in [0.05, 0.1) is 0 Å². The molecule has 1 heterocycles. The Labute approximate surface area is 115 Å². The molecule has 0 bridgehead atoms. The lowest BCUT2D eigenvalue weighted by Crippen LogP contribution is -2.17. The van der Waals surface area contributed by atoms with Gasteiger partial charge in [-0.2, -0.15) is 0 Å². The van der Waals surface area contributed by atoms with Crippen molar-refractivity contribution >= 4 is 15.9 Å². The summed E-state index contributed by atoms with van der Waals surface area (Å²) in [5.74, 6) is -0.211. The quantitative estimate of drug-likeness (QED) is 0.857. The maximum atomic E-state index is 13.2. The van der Waals surface area contributed by atoms with Crippen LogP contribution in [0.15, 0.2) is 47.2 Å². The minimum Gasteiger partial charge on any atom is -0.298 e. The predicted molar refractivity (Wildman–Crippen MR) is 73.5 cm³/mol. The van der Waals surface area contributed by atoms with Gasteiger partial charge in [-0.1, -0.05) is 15.9 Å². The fraction of sp³-hybridized carbons (Fsp3) is 0.214. The van der Waals surface area contributed by atoms with Gasteiger partial charge in [-0.3, -0.25) is 9.88 Å². The van der Waals surface area contributed by atoms with Gasteiger partial charge in [0.25, 0.3) is 0 Å². The zero-order valence-corrected chi connectivity index (χ0v) is 11.7. The van der Waals surface area contributed by atoms with E-state index in [-0.39, 0.29) is 5.82 Å². The molecule has 1 aromatic heterocycles. The van der Waals surface area contributed by atoms with Crippen molar-refractivity contribution < 1.29 is 4.39 Å². The van der Waals surface area contributed by atoms with Crippen LogP contribution in [0.1, 0.15) is 11.1 Å². The number of halogens is 2. The van der Waals surface area contributed by atoms with E-state index in [4.69, 9.17) is 0 Å². The number of nitrogens with zero attached hydrogens (tertiary/aromatic N) is 2. The second-order valence-electron chi connectivity index (χ2n) is 4.31. The van der Waals surface area contributed by atoms with Crippen LogP contribution in [0, 0.1) is 5.82 Å². The van der Waals surface area contributed by atoms with Gasteiger partial charge in [-0.15, -0.1) is 0 Å². The lowest BCUT2D eigenvalue weighted by molar-refractivity contribution is 0.318. The lowest BCUT2D eigenvalue weighted by atomic mass is 10.2. The molecular weight excluding hydrogens is 295 g/mol. The summed E-state index contributed by atoms with van der Waals surface area (Å²) >= 11 is 3.30. The standard InChI is InChI=1S/C14H14BrFN2/c1-18(9-11-2-4-17-5-3-11)10-12-6-13(15)8-14(16)7-12/h2-8H,9-10H2,1H3. The molecule has 18 heavy (non-hydrogen) atoms. The molecule has 94 valence electrons. The van der Waals surface area contributed by atoms with E-state index in [1.165, 1.54) is 11.6 Å². The molecule has 0 N–H and O–H groups in total. The summed E-state index contributed by atoms with van der Waals surface area (Å²) in [4.78, 5) is 6.12. The van der Waals surface area contributed by atoms with Crippen LogP contribution in [-0.4, -0.2) is 16.9 Å². The number of hydrogen-bond donors (Lipinski definition) is 0. The number of aromatic nitrogens is 1. The Morgan fingerprint density at radius 2 is 1.78 bits per heavy atom. The van der Waals surface area contributed by atoms with Crippen LogP contribution >= 0.6 is 15.9 Å². The van der Waals surface area contributed by atoms with Gasteiger partial charge in [0.2, 0.25) is 0 Å². The van der Waals surface area contributed by atoms with E-state index in [1.54, 1.807) is 18.5 Å². The van der Waals surface area contributed by atoms with E-state index in [2.05, 4.69) is 25.8 Å². The molecule has 2 nitrogen and oxygen atoms in total. The number of benzene rings is 1. The summed E-state index contributed by atoms with van der Waals surface area (Å²) in [6, 6.07) is 8.93. The van der Waals surface area contributed by atoms with Gasteiger partial charge < -0.3 is 0 Å². The second-order valence-corrected chi connectivity index (χ2v) is 5.22. The van der Waals surface area contributed by atoms with Crippen molar-refractivity contribution in [2.75, 3.05) is 7.05 Å². The summed E-state index contributed by atoms with van der Waals surface area (Å²) in [6.07, 6.45) is 3.56. The van der Waals surface area contributed by atoms with E-state index in [0.717, 1.165) is 16.6 Å². The fourth-order valence-corrected chi connectivity index (χ4v) is 2.38. The first kappa shape index (κ1) is 13.2. The van der Waals surface area contributed by atoms with Gasteiger partial charge in [0.1, 0.15) is 5.82 Å². The first-order valence-electron chi connectivity index (χ1n) is 5.66. The highest BCUT2D eigenvalue weighted by molar-refractivity contribution is 9.10. The first-order chi connectivity index (χ1) is 8.63. The molecule has 0 aliphatic rings. The van der Waals surface area contributed by atoms with Crippen LogP contribution in [-0.2, 0) is 13.1 Å². The summed E-state index contributed by atoms with van der Waals surface area (Å²) in [7, 11) is 2.01. The molecule has 0 amide bonds. The van der Waals surface area contributed by atoms with Gasteiger partial charge in [-0.25, -0.2) is 4.39 Å². The van der Waals surface area contributed by atoms with Crippen LogP contribution < -0.4 is 0 Å². The van der Waals surface area contributed by atoms with Crippen LogP contribution in [0.4, 0.5) is 4.39 Å². The Morgan fingerprint density at radius 3 is 2.44 bits per heavy atom. The molecule has 4 heteroatoms. The number of rotatable bonds is 4. The third kappa shape index (κ3) is 3.89. The molecule has 0 fully saturated rings. The third-order valence-corrected chi connectivity index (χ3v) is 3.03. The van der Waals surface area contributed by atoms with Crippen LogP contribution in [0.3, 0.4) is 0 Å². The Balaban J connectivity index is 2.01. The second kappa shape index (κ2) is 6.07. The molecular formula is C14H14BrFN2. The maximum Gasteiger partial charge on any atom is 0.124 e. The fourth-order valence-electron chi connectivity index (χ4n) is 1.87. The molecule has 0 unspecified atom stereocenters. The van der Waals surface area contributed by atoms with Crippen molar-refractivity contribution in [2.45, 2.75) is 13.1 Å². The zero-order chi connectivity index (χ0) is 13.0. The Kier molecular flexibility index (Phi) is 4.44. The number of pyridine rings is 1. The average Bonchev–Trinajstić information content (AvgIpc) is 2.28. The Bertz CT molecular complexity index is 496. The molecule has 0 spiro atoms. The van der Waals surface area contributed by atoms with E-state index in [1.807, 2.05) is 25.2 Å². The largest absolute Gasteiger partial charge is 0.298 e. The SMILES string of the molecule is CN(Cc1ccncc1)Cc1cc(F)cc(Br)c1. The highest BCUT2D eigenvalue weighted by Crippen LogP contribution is 2.16. The normalized spacial score (nSPS) is 10.9. The van der Waals surface area contributed by atoms with Gasteiger partial charge >= 0.3 is 0 Å². The van der Waals surface area contributed by atoms with Gasteiger partial charge in [0, 0.05) is 30.0 Å². The highest BCUT2D eigenvalue weighted by Gasteiger charge is 2.04. The lowest BCUT2D eigenvalue weighted by Gasteiger charge is -2.17. The summed E-state index contributed by atoms with van der Waals surface area (Å²) < 4.78 is 14.0. The summed E-state index contributed by atoms with van der Waals surface area (Å²) in [6.45, 7) is 1.52. The zero-order valence-electron chi connectivity index (χ0n) is 10.1. The van der Waals surface area contributed by atoms with Crippen molar-refractivity contribution in [3.8, 4) is 0 Å². The Hall–Kier alpha value is -1.26. The minimum atomic E-state index is -0.211.